The lowest BCUT2D eigenvalue weighted by atomic mass is 10.2. The van der Waals surface area contributed by atoms with Crippen molar-refractivity contribution in [1.82, 2.24) is 15.0 Å². The molecule has 0 radical (unpaired) electrons. The predicted molar refractivity (Wildman–Crippen MR) is 56.7 cm³/mol. The fraction of sp³-hybridized carbons (Fsp3) is 0. The lowest BCUT2D eigenvalue weighted by Crippen LogP contribution is -1.88. The maximum absolute atomic E-state index is 5.57. The van der Waals surface area contributed by atoms with Crippen molar-refractivity contribution in [3.8, 4) is 11.8 Å². The zero-order valence-electron chi connectivity index (χ0n) is 7.88. The van der Waals surface area contributed by atoms with Crippen molar-refractivity contribution in [1.29, 1.82) is 0 Å². The Bertz CT molecular complexity index is 511. The molecule has 0 aliphatic carbocycles. The first-order valence-corrected chi connectivity index (χ1v) is 4.34. The highest BCUT2D eigenvalue weighted by atomic mass is 14.8. The summed E-state index contributed by atoms with van der Waals surface area (Å²) in [5, 5.41) is 0. The van der Waals surface area contributed by atoms with Gasteiger partial charge in [0.25, 0.3) is 0 Å². The molecule has 2 N–H and O–H groups in total. The summed E-state index contributed by atoms with van der Waals surface area (Å²) in [5.74, 6) is 6.19. The minimum absolute atomic E-state index is 0.486. The Hall–Kier alpha value is -2.41. The van der Waals surface area contributed by atoms with Gasteiger partial charge >= 0.3 is 0 Å². The molecule has 0 fully saturated rings. The summed E-state index contributed by atoms with van der Waals surface area (Å²) in [6.45, 7) is 0. The molecule has 0 atom stereocenters. The van der Waals surface area contributed by atoms with Gasteiger partial charge in [0.15, 0.2) is 0 Å². The second-order valence-corrected chi connectivity index (χ2v) is 2.83. The van der Waals surface area contributed by atoms with Gasteiger partial charge in [-0.1, -0.05) is 5.92 Å². The molecule has 72 valence electrons. The van der Waals surface area contributed by atoms with Gasteiger partial charge in [0.1, 0.15) is 0 Å². The molecule has 0 aliphatic rings. The monoisotopic (exact) mass is 196 g/mol. The fourth-order valence-electron chi connectivity index (χ4n) is 1.02. The van der Waals surface area contributed by atoms with Gasteiger partial charge in [-0.05, 0) is 18.1 Å². The Morgan fingerprint density at radius 1 is 1.07 bits per heavy atom. The molecule has 15 heavy (non-hydrogen) atoms. The van der Waals surface area contributed by atoms with E-state index >= 15 is 0 Å². The van der Waals surface area contributed by atoms with Gasteiger partial charge in [0, 0.05) is 30.4 Å². The van der Waals surface area contributed by atoms with Crippen molar-refractivity contribution < 1.29 is 0 Å². The molecule has 0 aromatic carbocycles. The van der Waals surface area contributed by atoms with E-state index in [-0.39, 0.29) is 0 Å². The van der Waals surface area contributed by atoms with Crippen molar-refractivity contribution in [3.05, 3.63) is 48.3 Å². The van der Waals surface area contributed by atoms with Gasteiger partial charge in [0.2, 0.25) is 5.82 Å². The Balaban J connectivity index is 2.26. The summed E-state index contributed by atoms with van der Waals surface area (Å²) >= 11 is 0. The fourth-order valence-corrected chi connectivity index (χ4v) is 1.02. The average molecular weight is 196 g/mol. The number of hydrogen-bond acceptors (Lipinski definition) is 4. The maximum atomic E-state index is 5.57. The lowest BCUT2D eigenvalue weighted by molar-refractivity contribution is 1.13. The third-order valence-electron chi connectivity index (χ3n) is 1.64. The first-order chi connectivity index (χ1) is 7.34. The second-order valence-electron chi connectivity index (χ2n) is 2.83. The van der Waals surface area contributed by atoms with Crippen molar-refractivity contribution in [2.75, 3.05) is 5.73 Å². The van der Waals surface area contributed by atoms with E-state index < -0.39 is 0 Å². The Morgan fingerprint density at radius 2 is 1.87 bits per heavy atom. The number of pyridine rings is 1. The maximum Gasteiger partial charge on any atom is 0.205 e. The van der Waals surface area contributed by atoms with Crippen LogP contribution in [0.2, 0.25) is 0 Å². The number of aromatic nitrogens is 3. The van der Waals surface area contributed by atoms with E-state index in [9.17, 15) is 0 Å². The Morgan fingerprint density at radius 3 is 2.60 bits per heavy atom. The van der Waals surface area contributed by atoms with E-state index in [0.717, 1.165) is 5.56 Å². The van der Waals surface area contributed by atoms with Gasteiger partial charge in [-0.2, -0.15) is 0 Å². The third kappa shape index (κ3) is 2.51. The molecule has 0 unspecified atom stereocenters. The third-order valence-corrected chi connectivity index (χ3v) is 1.64. The van der Waals surface area contributed by atoms with Crippen LogP contribution < -0.4 is 5.73 Å². The van der Waals surface area contributed by atoms with Gasteiger partial charge in [-0.25, -0.2) is 9.97 Å². The SMILES string of the molecule is Nc1cncc(C#Cc2ncccn2)c1. The Kier molecular flexibility index (Phi) is 2.56. The number of hydrogen-bond donors (Lipinski definition) is 1. The van der Waals surface area contributed by atoms with E-state index in [4.69, 9.17) is 5.73 Å². The standard InChI is InChI=1S/C11H8N4/c12-10-6-9(7-13-8-10)2-3-11-14-4-1-5-15-11/h1,4-8H,12H2. The normalized spacial score (nSPS) is 9.07. The average Bonchev–Trinajstić information content (AvgIpc) is 2.28. The van der Waals surface area contributed by atoms with Crippen LogP contribution in [-0.2, 0) is 0 Å². The molecule has 0 spiro atoms. The van der Waals surface area contributed by atoms with Crippen LogP contribution in [0.3, 0.4) is 0 Å². The number of nitrogens with zero attached hydrogens (tertiary/aromatic N) is 3. The minimum Gasteiger partial charge on any atom is -0.397 e. The van der Waals surface area contributed by atoms with Crippen molar-refractivity contribution in [2.45, 2.75) is 0 Å². The van der Waals surface area contributed by atoms with E-state index in [1.54, 1.807) is 36.9 Å². The van der Waals surface area contributed by atoms with Gasteiger partial charge in [0.05, 0.1) is 5.69 Å². The summed E-state index contributed by atoms with van der Waals surface area (Å²) in [6.07, 6.45) is 6.51. The summed E-state index contributed by atoms with van der Waals surface area (Å²) in [6, 6.07) is 3.50. The molecule has 4 heteroatoms. The van der Waals surface area contributed by atoms with Crippen LogP contribution >= 0.6 is 0 Å². The summed E-state index contributed by atoms with van der Waals surface area (Å²) < 4.78 is 0. The van der Waals surface area contributed by atoms with Crippen LogP contribution in [0.15, 0.2) is 36.9 Å². The number of nitrogen functional groups attached to an aromatic ring is 1. The smallest absolute Gasteiger partial charge is 0.205 e. The van der Waals surface area contributed by atoms with Crippen LogP contribution in [0.5, 0.6) is 0 Å². The minimum atomic E-state index is 0.486. The molecule has 0 amide bonds. The van der Waals surface area contributed by atoms with E-state index in [2.05, 4.69) is 26.8 Å². The second kappa shape index (κ2) is 4.20. The number of rotatable bonds is 0. The van der Waals surface area contributed by atoms with E-state index in [1.807, 2.05) is 0 Å². The number of anilines is 1. The predicted octanol–water partition coefficient (Wildman–Crippen LogP) is 0.854. The van der Waals surface area contributed by atoms with Crippen molar-refractivity contribution in [3.63, 3.8) is 0 Å². The van der Waals surface area contributed by atoms with Crippen LogP contribution in [0, 0.1) is 11.8 Å². The number of nitrogens with two attached hydrogens (primary N) is 1. The van der Waals surface area contributed by atoms with Crippen LogP contribution in [0.4, 0.5) is 5.69 Å². The molecule has 2 aromatic heterocycles. The quantitative estimate of drug-likeness (QED) is 0.634. The largest absolute Gasteiger partial charge is 0.397 e. The van der Waals surface area contributed by atoms with Crippen molar-refractivity contribution in [2.24, 2.45) is 0 Å². The van der Waals surface area contributed by atoms with Gasteiger partial charge < -0.3 is 5.73 Å². The summed E-state index contributed by atoms with van der Waals surface area (Å²) in [5.41, 5.74) is 6.91. The topological polar surface area (TPSA) is 64.7 Å². The molecule has 2 aromatic rings. The van der Waals surface area contributed by atoms with Crippen LogP contribution in [0.1, 0.15) is 11.4 Å². The molecular weight excluding hydrogens is 188 g/mol. The summed E-state index contributed by atoms with van der Waals surface area (Å²) in [4.78, 5) is 11.9. The van der Waals surface area contributed by atoms with Crippen LogP contribution in [-0.4, -0.2) is 15.0 Å². The molecule has 0 saturated heterocycles. The molecule has 4 nitrogen and oxygen atoms in total. The highest BCUT2D eigenvalue weighted by Gasteiger charge is 1.89. The molecule has 0 bridgehead atoms. The molecule has 2 heterocycles. The molecule has 0 saturated carbocycles. The highest BCUT2D eigenvalue weighted by Crippen LogP contribution is 2.01. The lowest BCUT2D eigenvalue weighted by Gasteiger charge is -1.91. The molecule has 0 aliphatic heterocycles. The highest BCUT2D eigenvalue weighted by molar-refractivity contribution is 5.45. The van der Waals surface area contributed by atoms with Gasteiger partial charge in [-0.15, -0.1) is 0 Å². The van der Waals surface area contributed by atoms with Gasteiger partial charge in [-0.3, -0.25) is 4.98 Å². The molecular formula is C11H8N4. The van der Waals surface area contributed by atoms with Crippen LogP contribution in [0.25, 0.3) is 0 Å². The first-order valence-electron chi connectivity index (χ1n) is 4.34. The van der Waals surface area contributed by atoms with Crippen molar-refractivity contribution >= 4 is 5.69 Å². The van der Waals surface area contributed by atoms with E-state index in [1.165, 1.54) is 0 Å². The zero-order chi connectivity index (χ0) is 10.5. The van der Waals surface area contributed by atoms with E-state index in [0.29, 0.717) is 11.5 Å². The molecule has 2 rings (SSSR count). The zero-order valence-corrected chi connectivity index (χ0v) is 7.88. The summed E-state index contributed by atoms with van der Waals surface area (Å²) in [7, 11) is 0. The first kappa shape index (κ1) is 9.16. The Labute approximate surface area is 87.2 Å².